The number of hydrogen-bond donors (Lipinski definition) is 1. The van der Waals surface area contributed by atoms with Crippen molar-refractivity contribution in [2.45, 2.75) is 6.92 Å². The smallest absolute Gasteiger partial charge is 0.146 e. The summed E-state index contributed by atoms with van der Waals surface area (Å²) in [6.45, 7) is 1.99. The molecule has 15 heavy (non-hydrogen) atoms. The molecule has 0 aliphatic carbocycles. The number of hydrazone groups is 1. The number of hydrogen-bond acceptors (Lipinski definition) is 5. The number of nitrogens with zero attached hydrogens (tertiary/aromatic N) is 3. The molecule has 0 aliphatic heterocycles. The number of nitrogens with two attached hydrogens (primary N) is 1. The van der Waals surface area contributed by atoms with E-state index < -0.39 is 0 Å². The third kappa shape index (κ3) is 2.02. The molecule has 76 valence electrons. The first-order valence-electron chi connectivity index (χ1n) is 4.43. The maximum absolute atomic E-state index is 5.36. The van der Waals surface area contributed by atoms with Crippen LogP contribution in [-0.4, -0.2) is 15.7 Å². The minimum atomic E-state index is 0.633. The summed E-state index contributed by atoms with van der Waals surface area (Å²) >= 11 is 1.55. The van der Waals surface area contributed by atoms with E-state index >= 15 is 0 Å². The van der Waals surface area contributed by atoms with Gasteiger partial charge in [0.15, 0.2) is 0 Å². The van der Waals surface area contributed by atoms with Gasteiger partial charge in [-0.1, -0.05) is 6.07 Å². The number of aromatic nitrogens is 2. The highest BCUT2D eigenvalue weighted by Crippen LogP contribution is 2.15. The van der Waals surface area contributed by atoms with Crippen molar-refractivity contribution in [2.24, 2.45) is 10.9 Å². The van der Waals surface area contributed by atoms with E-state index in [0.717, 1.165) is 15.6 Å². The molecule has 2 aromatic rings. The maximum atomic E-state index is 5.36. The van der Waals surface area contributed by atoms with Gasteiger partial charge in [-0.2, -0.15) is 5.10 Å². The van der Waals surface area contributed by atoms with E-state index in [9.17, 15) is 0 Å². The topological polar surface area (TPSA) is 64.2 Å². The molecule has 2 aromatic heterocycles. The van der Waals surface area contributed by atoms with Crippen molar-refractivity contribution in [3.05, 3.63) is 46.2 Å². The molecule has 2 rings (SSSR count). The second kappa shape index (κ2) is 4.18. The highest BCUT2D eigenvalue weighted by molar-refractivity contribution is 7.13. The molecule has 5 heteroatoms. The Morgan fingerprint density at radius 1 is 1.40 bits per heavy atom. The summed E-state index contributed by atoms with van der Waals surface area (Å²) in [6, 6.07) is 5.61. The molecule has 2 N–H and O–H groups in total. The summed E-state index contributed by atoms with van der Waals surface area (Å²) in [4.78, 5) is 9.55. The van der Waals surface area contributed by atoms with Crippen LogP contribution in [0.25, 0.3) is 0 Å². The van der Waals surface area contributed by atoms with Crippen molar-refractivity contribution < 1.29 is 0 Å². The lowest BCUT2D eigenvalue weighted by atomic mass is 10.2. The van der Waals surface area contributed by atoms with Crippen LogP contribution in [-0.2, 0) is 0 Å². The summed E-state index contributed by atoms with van der Waals surface area (Å²) in [5.41, 5.74) is 1.38. The Kier molecular flexibility index (Phi) is 2.73. The maximum Gasteiger partial charge on any atom is 0.146 e. The summed E-state index contributed by atoms with van der Waals surface area (Å²) in [5.74, 6) is 5.36. The minimum Gasteiger partial charge on any atom is -0.323 e. The third-order valence-electron chi connectivity index (χ3n) is 1.86. The third-order valence-corrected chi connectivity index (χ3v) is 2.78. The predicted octanol–water partition coefficient (Wildman–Crippen LogP) is 1.56. The molecular formula is C10H10N4S. The number of aryl methyl sites for hydroxylation is 1. The van der Waals surface area contributed by atoms with Crippen molar-refractivity contribution in [3.8, 4) is 0 Å². The normalized spacial score (nSPS) is 11.7. The summed E-state index contributed by atoms with van der Waals surface area (Å²) in [7, 11) is 0. The molecule has 0 radical (unpaired) electrons. The zero-order valence-electron chi connectivity index (χ0n) is 8.21. The molecule has 0 aromatic carbocycles. The van der Waals surface area contributed by atoms with Gasteiger partial charge in [-0.3, -0.25) is 4.98 Å². The standard InChI is InChI=1S/C10H10N4S/c1-7-6-13-10(15-7)9(14-11)8-4-2-3-5-12-8/h2-6H,11H2,1H3. The van der Waals surface area contributed by atoms with Crippen molar-refractivity contribution in [1.82, 2.24) is 9.97 Å². The fraction of sp³-hybridized carbons (Fsp3) is 0.100. The molecule has 0 aliphatic rings. The van der Waals surface area contributed by atoms with Gasteiger partial charge in [0.25, 0.3) is 0 Å². The lowest BCUT2D eigenvalue weighted by Gasteiger charge is -1.99. The first-order valence-corrected chi connectivity index (χ1v) is 5.25. The van der Waals surface area contributed by atoms with Crippen LogP contribution in [0, 0.1) is 6.92 Å². The van der Waals surface area contributed by atoms with E-state index in [4.69, 9.17) is 5.84 Å². The summed E-state index contributed by atoms with van der Waals surface area (Å²) in [5, 5.41) is 4.54. The van der Waals surface area contributed by atoms with Gasteiger partial charge in [-0.15, -0.1) is 11.3 Å². The van der Waals surface area contributed by atoms with E-state index in [0.29, 0.717) is 5.71 Å². The van der Waals surface area contributed by atoms with Crippen molar-refractivity contribution in [1.29, 1.82) is 0 Å². The first-order chi connectivity index (χ1) is 7.31. The van der Waals surface area contributed by atoms with Gasteiger partial charge in [0.1, 0.15) is 10.7 Å². The van der Waals surface area contributed by atoms with Crippen LogP contribution >= 0.6 is 11.3 Å². The molecule has 0 bridgehead atoms. The average Bonchev–Trinajstić information content (AvgIpc) is 2.68. The molecule has 0 fully saturated rings. The van der Waals surface area contributed by atoms with Crippen LogP contribution in [0.3, 0.4) is 0 Å². The number of thiazole rings is 1. The Bertz CT molecular complexity index is 475. The Balaban J connectivity index is 2.43. The predicted molar refractivity (Wildman–Crippen MR) is 60.9 cm³/mol. The van der Waals surface area contributed by atoms with Crippen molar-refractivity contribution >= 4 is 17.0 Å². The van der Waals surface area contributed by atoms with Crippen LogP contribution in [0.5, 0.6) is 0 Å². The zero-order chi connectivity index (χ0) is 10.7. The van der Waals surface area contributed by atoms with Gasteiger partial charge in [0.2, 0.25) is 0 Å². The Hall–Kier alpha value is -1.75. The Morgan fingerprint density at radius 2 is 2.27 bits per heavy atom. The Labute approximate surface area is 91.5 Å². The number of pyridine rings is 1. The van der Waals surface area contributed by atoms with Gasteiger partial charge in [0, 0.05) is 17.3 Å². The van der Waals surface area contributed by atoms with Gasteiger partial charge >= 0.3 is 0 Å². The van der Waals surface area contributed by atoms with E-state index in [2.05, 4.69) is 15.1 Å². The molecule has 2 heterocycles. The number of rotatable bonds is 2. The van der Waals surface area contributed by atoms with Gasteiger partial charge in [-0.25, -0.2) is 4.98 Å². The molecule has 0 saturated carbocycles. The first kappa shape index (κ1) is 9.79. The second-order valence-electron chi connectivity index (χ2n) is 2.97. The van der Waals surface area contributed by atoms with Gasteiger partial charge in [0.05, 0.1) is 5.69 Å². The quantitative estimate of drug-likeness (QED) is 0.472. The minimum absolute atomic E-state index is 0.633. The van der Waals surface area contributed by atoms with E-state index in [1.165, 1.54) is 0 Å². The molecule has 0 amide bonds. The van der Waals surface area contributed by atoms with Gasteiger partial charge < -0.3 is 5.84 Å². The molecule has 0 spiro atoms. The van der Waals surface area contributed by atoms with Crippen LogP contribution in [0.1, 0.15) is 15.6 Å². The van der Waals surface area contributed by atoms with Crippen molar-refractivity contribution in [3.63, 3.8) is 0 Å². The van der Waals surface area contributed by atoms with Crippen LogP contribution in [0.15, 0.2) is 35.7 Å². The highest BCUT2D eigenvalue weighted by Gasteiger charge is 2.11. The highest BCUT2D eigenvalue weighted by atomic mass is 32.1. The molecule has 0 atom stereocenters. The SMILES string of the molecule is Cc1cnc(C(=NN)c2ccccn2)s1. The molecule has 4 nitrogen and oxygen atoms in total. The van der Waals surface area contributed by atoms with E-state index in [1.54, 1.807) is 23.7 Å². The van der Waals surface area contributed by atoms with E-state index in [1.807, 2.05) is 25.1 Å². The Morgan fingerprint density at radius 3 is 2.80 bits per heavy atom. The fourth-order valence-corrected chi connectivity index (χ4v) is 1.97. The molecule has 0 saturated heterocycles. The van der Waals surface area contributed by atoms with Crippen LogP contribution in [0.2, 0.25) is 0 Å². The summed E-state index contributed by atoms with van der Waals surface area (Å²) in [6.07, 6.45) is 3.51. The lowest BCUT2D eigenvalue weighted by Crippen LogP contribution is -2.07. The zero-order valence-corrected chi connectivity index (χ0v) is 9.03. The second-order valence-corrected chi connectivity index (χ2v) is 4.20. The summed E-state index contributed by atoms with van der Waals surface area (Å²) < 4.78 is 0. The molecule has 0 unspecified atom stereocenters. The van der Waals surface area contributed by atoms with Gasteiger partial charge in [-0.05, 0) is 19.1 Å². The molecular weight excluding hydrogens is 208 g/mol. The largest absolute Gasteiger partial charge is 0.323 e. The fourth-order valence-electron chi connectivity index (χ4n) is 1.20. The van der Waals surface area contributed by atoms with Crippen LogP contribution in [0.4, 0.5) is 0 Å². The average molecular weight is 218 g/mol. The lowest BCUT2D eigenvalue weighted by molar-refractivity contribution is 1.20. The van der Waals surface area contributed by atoms with Crippen LogP contribution < -0.4 is 5.84 Å². The van der Waals surface area contributed by atoms with Crippen molar-refractivity contribution in [2.75, 3.05) is 0 Å². The van der Waals surface area contributed by atoms with E-state index in [-0.39, 0.29) is 0 Å². The monoisotopic (exact) mass is 218 g/mol.